The van der Waals surface area contributed by atoms with E-state index in [2.05, 4.69) is 9.97 Å². The molecule has 0 saturated carbocycles. The fourth-order valence-electron chi connectivity index (χ4n) is 1.53. The van der Waals surface area contributed by atoms with E-state index >= 15 is 0 Å². The maximum absolute atomic E-state index is 13.7. The molecule has 0 fully saturated rings. The summed E-state index contributed by atoms with van der Waals surface area (Å²) in [5.41, 5.74) is 6.58. The predicted molar refractivity (Wildman–Crippen MR) is 68.0 cm³/mol. The topological polar surface area (TPSA) is 71.8 Å². The average Bonchev–Trinajstić information content (AvgIpc) is 2.30. The molecule has 3 N–H and O–H groups in total. The third-order valence-electron chi connectivity index (χ3n) is 2.32. The van der Waals surface area contributed by atoms with Crippen LogP contribution < -0.4 is 11.3 Å². The second kappa shape index (κ2) is 5.32. The maximum atomic E-state index is 13.7. The molecule has 0 aliphatic heterocycles. The molecule has 0 atom stereocenters. The molecule has 1 aromatic carbocycles. The zero-order valence-corrected chi connectivity index (χ0v) is 10.6. The Labute approximate surface area is 107 Å². The Morgan fingerprint density at radius 1 is 1.50 bits per heavy atom. The van der Waals surface area contributed by atoms with Gasteiger partial charge in [0.25, 0.3) is 5.56 Å². The first-order chi connectivity index (χ1) is 8.60. The van der Waals surface area contributed by atoms with Crippen LogP contribution >= 0.6 is 11.8 Å². The van der Waals surface area contributed by atoms with Crippen LogP contribution in [0.2, 0.25) is 0 Å². The van der Waals surface area contributed by atoms with Crippen LogP contribution in [0.15, 0.2) is 39.1 Å². The standard InChI is InChI=1S/C12H12FN3OS/c1-7-5-10(17)16-12(15-7)18-11-8(6-14)3-2-4-9(11)13/h2-5H,6,14H2,1H3,(H,15,16,17). The van der Waals surface area contributed by atoms with Gasteiger partial charge in [0.05, 0.1) is 4.90 Å². The summed E-state index contributed by atoms with van der Waals surface area (Å²) in [4.78, 5) is 18.4. The van der Waals surface area contributed by atoms with Gasteiger partial charge in [0.15, 0.2) is 5.16 Å². The highest BCUT2D eigenvalue weighted by molar-refractivity contribution is 7.99. The average molecular weight is 265 g/mol. The van der Waals surface area contributed by atoms with Gasteiger partial charge < -0.3 is 10.7 Å². The van der Waals surface area contributed by atoms with Gasteiger partial charge in [-0.15, -0.1) is 0 Å². The van der Waals surface area contributed by atoms with Crippen molar-refractivity contribution in [2.45, 2.75) is 23.5 Å². The van der Waals surface area contributed by atoms with Gasteiger partial charge in [-0.1, -0.05) is 12.1 Å². The number of hydrogen-bond acceptors (Lipinski definition) is 4. The van der Waals surface area contributed by atoms with Crippen molar-refractivity contribution in [2.24, 2.45) is 5.73 Å². The van der Waals surface area contributed by atoms with Gasteiger partial charge in [-0.25, -0.2) is 9.37 Å². The lowest BCUT2D eigenvalue weighted by molar-refractivity contribution is 0.596. The van der Waals surface area contributed by atoms with Crippen LogP contribution in [0.4, 0.5) is 4.39 Å². The molecule has 2 aromatic rings. The molecule has 2 rings (SSSR count). The van der Waals surface area contributed by atoms with Crippen LogP contribution in [0.3, 0.4) is 0 Å². The number of rotatable bonds is 3. The lowest BCUT2D eigenvalue weighted by Crippen LogP contribution is -2.08. The van der Waals surface area contributed by atoms with Gasteiger partial charge in [-0.05, 0) is 30.3 Å². The lowest BCUT2D eigenvalue weighted by Gasteiger charge is -2.07. The maximum Gasteiger partial charge on any atom is 0.251 e. The fraction of sp³-hybridized carbons (Fsp3) is 0.167. The van der Waals surface area contributed by atoms with E-state index in [1.54, 1.807) is 19.1 Å². The van der Waals surface area contributed by atoms with Crippen LogP contribution in [0.5, 0.6) is 0 Å². The first kappa shape index (κ1) is 12.8. The molecule has 94 valence electrons. The third kappa shape index (κ3) is 2.77. The van der Waals surface area contributed by atoms with E-state index in [0.717, 1.165) is 11.8 Å². The smallest absolute Gasteiger partial charge is 0.251 e. The van der Waals surface area contributed by atoms with Crippen LogP contribution in [0, 0.1) is 12.7 Å². The quantitative estimate of drug-likeness (QED) is 0.830. The monoisotopic (exact) mass is 265 g/mol. The zero-order valence-electron chi connectivity index (χ0n) is 9.74. The highest BCUT2D eigenvalue weighted by Gasteiger charge is 2.10. The van der Waals surface area contributed by atoms with E-state index in [-0.39, 0.29) is 17.9 Å². The number of aromatic amines is 1. The van der Waals surface area contributed by atoms with Crippen molar-refractivity contribution < 1.29 is 4.39 Å². The van der Waals surface area contributed by atoms with Crippen molar-refractivity contribution in [3.05, 3.63) is 51.7 Å². The number of nitrogens with one attached hydrogen (secondary N) is 1. The number of nitrogens with two attached hydrogens (primary N) is 1. The summed E-state index contributed by atoms with van der Waals surface area (Å²) in [5, 5.41) is 0.361. The molecule has 0 aliphatic carbocycles. The number of halogens is 1. The summed E-state index contributed by atoms with van der Waals surface area (Å²) in [5.74, 6) is -0.368. The van der Waals surface area contributed by atoms with Crippen molar-refractivity contribution in [3.63, 3.8) is 0 Å². The zero-order chi connectivity index (χ0) is 13.1. The van der Waals surface area contributed by atoms with Gasteiger partial charge in [0, 0.05) is 18.3 Å². The van der Waals surface area contributed by atoms with Crippen LogP contribution in [0.1, 0.15) is 11.3 Å². The number of benzene rings is 1. The number of H-pyrrole nitrogens is 1. The lowest BCUT2D eigenvalue weighted by atomic mass is 10.2. The Hall–Kier alpha value is -1.66. The Balaban J connectivity index is 2.42. The Morgan fingerprint density at radius 3 is 2.94 bits per heavy atom. The minimum absolute atomic E-state index is 0.232. The van der Waals surface area contributed by atoms with E-state index in [0.29, 0.717) is 21.3 Å². The Bertz CT molecular complexity index is 627. The summed E-state index contributed by atoms with van der Waals surface area (Å²) in [7, 11) is 0. The number of aromatic nitrogens is 2. The SMILES string of the molecule is Cc1cc(=O)[nH]c(Sc2c(F)cccc2CN)n1. The van der Waals surface area contributed by atoms with E-state index in [4.69, 9.17) is 5.73 Å². The number of hydrogen-bond donors (Lipinski definition) is 2. The molecule has 0 amide bonds. The first-order valence-electron chi connectivity index (χ1n) is 5.33. The molecule has 4 nitrogen and oxygen atoms in total. The molecule has 0 spiro atoms. The molecular weight excluding hydrogens is 253 g/mol. The van der Waals surface area contributed by atoms with Gasteiger partial charge >= 0.3 is 0 Å². The van der Waals surface area contributed by atoms with Crippen molar-refractivity contribution in [3.8, 4) is 0 Å². The van der Waals surface area contributed by atoms with E-state index in [1.807, 2.05) is 0 Å². The first-order valence-corrected chi connectivity index (χ1v) is 6.15. The summed E-state index contributed by atoms with van der Waals surface area (Å²) >= 11 is 1.07. The predicted octanol–water partition coefficient (Wildman–Crippen LogP) is 1.83. The molecule has 0 aliphatic rings. The second-order valence-corrected chi connectivity index (χ2v) is 4.73. The van der Waals surface area contributed by atoms with E-state index < -0.39 is 0 Å². The minimum Gasteiger partial charge on any atom is -0.326 e. The summed E-state index contributed by atoms with van der Waals surface area (Å²) < 4.78 is 13.7. The minimum atomic E-state index is -0.368. The number of nitrogens with zero attached hydrogens (tertiary/aromatic N) is 1. The summed E-state index contributed by atoms with van der Waals surface area (Å²) in [6, 6.07) is 6.10. The Kier molecular flexibility index (Phi) is 3.78. The third-order valence-corrected chi connectivity index (χ3v) is 3.36. The summed E-state index contributed by atoms with van der Waals surface area (Å²) in [6.45, 7) is 1.95. The van der Waals surface area contributed by atoms with Crippen molar-refractivity contribution in [1.82, 2.24) is 9.97 Å². The Morgan fingerprint density at radius 2 is 2.28 bits per heavy atom. The molecule has 0 radical (unpaired) electrons. The van der Waals surface area contributed by atoms with Gasteiger partial charge in [0.2, 0.25) is 0 Å². The molecule has 0 saturated heterocycles. The normalized spacial score (nSPS) is 10.6. The van der Waals surface area contributed by atoms with E-state index in [9.17, 15) is 9.18 Å². The molecule has 0 unspecified atom stereocenters. The molecule has 6 heteroatoms. The van der Waals surface area contributed by atoms with Gasteiger partial charge in [0.1, 0.15) is 5.82 Å². The van der Waals surface area contributed by atoms with E-state index in [1.165, 1.54) is 12.1 Å². The summed E-state index contributed by atoms with van der Waals surface area (Å²) in [6.07, 6.45) is 0. The molecule has 1 aromatic heterocycles. The van der Waals surface area contributed by atoms with Crippen LogP contribution in [-0.4, -0.2) is 9.97 Å². The molecular formula is C12H12FN3OS. The number of aryl methyl sites for hydroxylation is 1. The van der Waals surface area contributed by atoms with Crippen molar-refractivity contribution >= 4 is 11.8 Å². The molecule has 1 heterocycles. The van der Waals surface area contributed by atoms with Crippen molar-refractivity contribution in [1.29, 1.82) is 0 Å². The molecule has 18 heavy (non-hydrogen) atoms. The largest absolute Gasteiger partial charge is 0.326 e. The van der Waals surface area contributed by atoms with Crippen LogP contribution in [0.25, 0.3) is 0 Å². The second-order valence-electron chi connectivity index (χ2n) is 3.73. The van der Waals surface area contributed by atoms with Crippen LogP contribution in [-0.2, 0) is 6.54 Å². The highest BCUT2D eigenvalue weighted by Crippen LogP contribution is 2.29. The highest BCUT2D eigenvalue weighted by atomic mass is 32.2. The molecule has 0 bridgehead atoms. The van der Waals surface area contributed by atoms with Gasteiger partial charge in [-0.3, -0.25) is 4.79 Å². The fourth-order valence-corrected chi connectivity index (χ4v) is 2.51. The van der Waals surface area contributed by atoms with Gasteiger partial charge in [-0.2, -0.15) is 0 Å². The van der Waals surface area contributed by atoms with Crippen molar-refractivity contribution in [2.75, 3.05) is 0 Å².